The number of carbonyl (C=O) groups is 1. The van der Waals surface area contributed by atoms with Crippen molar-refractivity contribution in [1.82, 2.24) is 24.5 Å². The Morgan fingerprint density at radius 2 is 2.09 bits per heavy atom. The summed E-state index contributed by atoms with van der Waals surface area (Å²) in [6.45, 7) is 6.18. The number of rotatable bonds is 7. The molecule has 0 unspecified atom stereocenters. The van der Waals surface area contributed by atoms with Gasteiger partial charge in [-0.25, -0.2) is 0 Å². The first-order valence-corrected chi connectivity index (χ1v) is 8.32. The van der Waals surface area contributed by atoms with Gasteiger partial charge in [0.15, 0.2) is 0 Å². The van der Waals surface area contributed by atoms with E-state index in [4.69, 9.17) is 0 Å². The van der Waals surface area contributed by atoms with Crippen LogP contribution < -0.4 is 5.32 Å². The Labute approximate surface area is 144 Å². The van der Waals surface area contributed by atoms with Crippen LogP contribution in [-0.2, 0) is 17.9 Å². The van der Waals surface area contributed by atoms with Crippen molar-refractivity contribution in [2.75, 3.05) is 26.0 Å². The van der Waals surface area contributed by atoms with Gasteiger partial charge in [0.1, 0.15) is 0 Å². The molecule has 0 aliphatic rings. The normalized spacial score (nSPS) is 11.2. The molecule has 0 fully saturated rings. The van der Waals surface area contributed by atoms with Crippen molar-refractivity contribution in [2.24, 2.45) is 0 Å². The molecule has 7 nitrogen and oxygen atoms in total. The highest BCUT2D eigenvalue weighted by atomic mass is 79.9. The van der Waals surface area contributed by atoms with Crippen molar-refractivity contribution in [2.45, 2.75) is 33.4 Å². The summed E-state index contributed by atoms with van der Waals surface area (Å²) >= 11 is 3.49. The predicted molar refractivity (Wildman–Crippen MR) is 93.4 cm³/mol. The largest absolute Gasteiger partial charge is 0.323 e. The Morgan fingerprint density at radius 3 is 2.70 bits per heavy atom. The number of carbonyl (C=O) groups excluding carboxylic acids is 1. The number of nitrogens with one attached hydrogen (secondary N) is 1. The molecule has 2 heterocycles. The molecule has 2 aromatic rings. The number of hydrogen-bond donors (Lipinski definition) is 1. The Morgan fingerprint density at radius 1 is 1.35 bits per heavy atom. The number of aryl methyl sites for hydroxylation is 2. The van der Waals surface area contributed by atoms with E-state index in [0.717, 1.165) is 34.6 Å². The molecule has 8 heteroatoms. The Balaban J connectivity index is 1.84. The lowest BCUT2D eigenvalue weighted by Crippen LogP contribution is -2.18. The number of aromatic nitrogens is 4. The van der Waals surface area contributed by atoms with Gasteiger partial charge in [-0.3, -0.25) is 14.2 Å². The average molecular weight is 383 g/mol. The van der Waals surface area contributed by atoms with Gasteiger partial charge in [-0.2, -0.15) is 10.2 Å². The smallest absolute Gasteiger partial charge is 0.226 e. The monoisotopic (exact) mass is 382 g/mol. The van der Waals surface area contributed by atoms with Crippen molar-refractivity contribution >= 4 is 27.5 Å². The van der Waals surface area contributed by atoms with E-state index in [1.54, 1.807) is 6.20 Å². The average Bonchev–Trinajstić information content (AvgIpc) is 3.03. The van der Waals surface area contributed by atoms with E-state index in [0.29, 0.717) is 13.0 Å². The summed E-state index contributed by atoms with van der Waals surface area (Å²) in [7, 11) is 4.03. The van der Waals surface area contributed by atoms with Crippen LogP contribution in [0.1, 0.15) is 17.8 Å². The zero-order valence-electron chi connectivity index (χ0n) is 14.0. The minimum Gasteiger partial charge on any atom is -0.323 e. The van der Waals surface area contributed by atoms with Crippen LogP contribution in [0.2, 0.25) is 0 Å². The first-order chi connectivity index (χ1) is 10.9. The topological polar surface area (TPSA) is 68.0 Å². The van der Waals surface area contributed by atoms with Crippen molar-refractivity contribution in [1.29, 1.82) is 0 Å². The van der Waals surface area contributed by atoms with Gasteiger partial charge in [0.25, 0.3) is 0 Å². The molecular weight excluding hydrogens is 360 g/mol. The summed E-state index contributed by atoms with van der Waals surface area (Å²) in [5, 5.41) is 11.5. The highest BCUT2D eigenvalue weighted by Gasteiger charge is 2.11. The van der Waals surface area contributed by atoms with Gasteiger partial charge in [0.2, 0.25) is 5.91 Å². The zero-order valence-corrected chi connectivity index (χ0v) is 15.6. The Bertz CT molecular complexity index is 676. The SMILES string of the molecule is Cc1nn(CCC(=O)Nc2cnn(CCN(C)C)c2)c(C)c1Br. The highest BCUT2D eigenvalue weighted by Crippen LogP contribution is 2.19. The van der Waals surface area contributed by atoms with Crippen molar-refractivity contribution < 1.29 is 4.79 Å². The fraction of sp³-hybridized carbons (Fsp3) is 0.533. The third-order valence-corrected chi connectivity index (χ3v) is 4.68. The number of amides is 1. The van der Waals surface area contributed by atoms with Crippen molar-refractivity contribution in [3.05, 3.63) is 28.3 Å². The van der Waals surface area contributed by atoms with E-state index in [9.17, 15) is 4.79 Å². The standard InChI is InChI=1S/C15H23BrN6O/c1-11-15(16)12(2)22(19-11)6-5-14(23)18-13-9-17-21(10-13)8-7-20(3)4/h9-10H,5-8H2,1-4H3,(H,18,23). The van der Waals surface area contributed by atoms with E-state index in [2.05, 4.69) is 36.3 Å². The predicted octanol–water partition coefficient (Wildman–Crippen LogP) is 2.05. The second kappa shape index (κ2) is 7.74. The molecule has 0 aliphatic carbocycles. The van der Waals surface area contributed by atoms with Crippen LogP contribution in [0.4, 0.5) is 5.69 Å². The number of anilines is 1. The van der Waals surface area contributed by atoms with Gasteiger partial charge in [-0.05, 0) is 43.9 Å². The number of likely N-dealkylation sites (N-methyl/N-ethyl adjacent to an activating group) is 1. The van der Waals surface area contributed by atoms with Crippen LogP contribution in [0.25, 0.3) is 0 Å². The first-order valence-electron chi connectivity index (χ1n) is 7.53. The summed E-state index contributed by atoms with van der Waals surface area (Å²) in [5.41, 5.74) is 2.69. The van der Waals surface area contributed by atoms with Crippen LogP contribution in [0.3, 0.4) is 0 Å². The molecule has 0 radical (unpaired) electrons. The van der Waals surface area contributed by atoms with E-state index in [-0.39, 0.29) is 5.91 Å². The molecule has 126 valence electrons. The Kier molecular flexibility index (Phi) is 5.95. The van der Waals surface area contributed by atoms with Gasteiger partial charge in [0.05, 0.1) is 35.1 Å². The maximum absolute atomic E-state index is 12.1. The Hall–Kier alpha value is -1.67. The van der Waals surface area contributed by atoms with Crippen LogP contribution >= 0.6 is 15.9 Å². The third kappa shape index (κ3) is 4.90. The molecule has 23 heavy (non-hydrogen) atoms. The minimum absolute atomic E-state index is 0.0409. The van der Waals surface area contributed by atoms with Crippen LogP contribution in [0.5, 0.6) is 0 Å². The number of halogens is 1. The number of hydrogen-bond acceptors (Lipinski definition) is 4. The molecule has 0 aliphatic heterocycles. The zero-order chi connectivity index (χ0) is 17.0. The van der Waals surface area contributed by atoms with Crippen LogP contribution in [-0.4, -0.2) is 51.0 Å². The van der Waals surface area contributed by atoms with Crippen molar-refractivity contribution in [3.8, 4) is 0 Å². The fourth-order valence-corrected chi connectivity index (χ4v) is 2.46. The van der Waals surface area contributed by atoms with Crippen LogP contribution in [0, 0.1) is 13.8 Å². The van der Waals surface area contributed by atoms with Gasteiger partial charge in [-0.1, -0.05) is 0 Å². The minimum atomic E-state index is -0.0409. The molecule has 0 spiro atoms. The summed E-state index contributed by atoms with van der Waals surface area (Å²) in [5.74, 6) is -0.0409. The highest BCUT2D eigenvalue weighted by molar-refractivity contribution is 9.10. The molecule has 0 saturated carbocycles. The molecule has 1 amide bonds. The van der Waals surface area contributed by atoms with Gasteiger partial charge in [-0.15, -0.1) is 0 Å². The summed E-state index contributed by atoms with van der Waals surface area (Å²) in [6.07, 6.45) is 3.89. The van der Waals surface area contributed by atoms with E-state index >= 15 is 0 Å². The van der Waals surface area contributed by atoms with E-state index in [1.807, 2.05) is 43.5 Å². The lowest BCUT2D eigenvalue weighted by atomic mass is 10.3. The van der Waals surface area contributed by atoms with E-state index < -0.39 is 0 Å². The number of nitrogens with zero attached hydrogens (tertiary/aromatic N) is 5. The summed E-state index contributed by atoms with van der Waals surface area (Å²) < 4.78 is 4.67. The summed E-state index contributed by atoms with van der Waals surface area (Å²) in [6, 6.07) is 0. The maximum Gasteiger partial charge on any atom is 0.226 e. The molecule has 0 aromatic carbocycles. The molecule has 2 aromatic heterocycles. The van der Waals surface area contributed by atoms with Crippen LogP contribution in [0.15, 0.2) is 16.9 Å². The second-order valence-electron chi connectivity index (χ2n) is 5.80. The molecule has 2 rings (SSSR count). The van der Waals surface area contributed by atoms with E-state index in [1.165, 1.54) is 0 Å². The lowest BCUT2D eigenvalue weighted by molar-refractivity contribution is -0.116. The third-order valence-electron chi connectivity index (χ3n) is 3.54. The summed E-state index contributed by atoms with van der Waals surface area (Å²) in [4.78, 5) is 14.1. The second-order valence-corrected chi connectivity index (χ2v) is 6.59. The van der Waals surface area contributed by atoms with Gasteiger partial charge in [0, 0.05) is 24.9 Å². The molecule has 0 bridgehead atoms. The van der Waals surface area contributed by atoms with Gasteiger partial charge >= 0.3 is 0 Å². The fourth-order valence-electron chi connectivity index (χ4n) is 2.18. The molecular formula is C15H23BrN6O. The first kappa shape index (κ1) is 17.7. The quantitative estimate of drug-likeness (QED) is 0.795. The maximum atomic E-state index is 12.1. The van der Waals surface area contributed by atoms with Gasteiger partial charge < -0.3 is 10.2 Å². The molecule has 1 N–H and O–H groups in total. The van der Waals surface area contributed by atoms with Crippen molar-refractivity contribution in [3.63, 3.8) is 0 Å². The molecule has 0 saturated heterocycles. The molecule has 0 atom stereocenters. The lowest BCUT2D eigenvalue weighted by Gasteiger charge is -2.08.